The van der Waals surface area contributed by atoms with Crippen molar-refractivity contribution in [2.75, 3.05) is 12.3 Å². The molecule has 7 nitrogen and oxygen atoms in total. The van der Waals surface area contributed by atoms with Crippen LogP contribution in [0.2, 0.25) is 0 Å². The summed E-state index contributed by atoms with van der Waals surface area (Å²) in [6.07, 6.45) is 6.11. The Labute approximate surface area is 110 Å². The minimum absolute atomic E-state index is 0.159. The summed E-state index contributed by atoms with van der Waals surface area (Å²) in [5.74, 6) is 0.637. The largest absolute Gasteiger partial charge is 0.464 e. The molecule has 0 spiro atoms. The minimum Gasteiger partial charge on any atom is -0.464 e. The molecule has 0 aliphatic heterocycles. The highest BCUT2D eigenvalue weighted by atomic mass is 16.5. The van der Waals surface area contributed by atoms with E-state index in [1.165, 1.54) is 12.1 Å². The van der Waals surface area contributed by atoms with Gasteiger partial charge in [0.15, 0.2) is 0 Å². The molecule has 2 N–H and O–H groups in total. The van der Waals surface area contributed by atoms with Gasteiger partial charge in [-0.1, -0.05) is 0 Å². The van der Waals surface area contributed by atoms with Gasteiger partial charge in [0.2, 0.25) is 11.9 Å². The number of fused-ring (bicyclic) bond motifs is 1. The van der Waals surface area contributed by atoms with Crippen molar-refractivity contribution < 1.29 is 4.74 Å². The molecular weight excluding hydrogens is 244 g/mol. The molecule has 1 aliphatic rings. The number of nitrogens with zero attached hydrogens (tertiary/aromatic N) is 5. The van der Waals surface area contributed by atoms with Crippen LogP contribution in [-0.4, -0.2) is 31.1 Å². The minimum atomic E-state index is 0.159. The van der Waals surface area contributed by atoms with Crippen molar-refractivity contribution in [1.82, 2.24) is 24.5 Å². The molecule has 0 bridgehead atoms. The van der Waals surface area contributed by atoms with Crippen LogP contribution in [0.15, 0.2) is 6.33 Å². The molecule has 1 aliphatic carbocycles. The Morgan fingerprint density at radius 3 is 2.95 bits per heavy atom. The maximum absolute atomic E-state index is 5.70. The first-order chi connectivity index (χ1) is 9.28. The van der Waals surface area contributed by atoms with Gasteiger partial charge in [-0.2, -0.15) is 15.0 Å². The average molecular weight is 260 g/mol. The standard InChI is InChI=1S/C12H16N6O/c1-2-19-12-16-10(13)15-11(17-12)18-7-14-8-5-3-4-6-9(8)18/h7H,2-6H2,1H3,(H2,13,15,16,17). The van der Waals surface area contributed by atoms with Gasteiger partial charge in [0.25, 0.3) is 0 Å². The van der Waals surface area contributed by atoms with Crippen LogP contribution >= 0.6 is 0 Å². The molecule has 0 aromatic carbocycles. The fraction of sp³-hybridized carbons (Fsp3) is 0.500. The summed E-state index contributed by atoms with van der Waals surface area (Å²) in [7, 11) is 0. The Morgan fingerprint density at radius 2 is 2.11 bits per heavy atom. The number of hydrogen-bond acceptors (Lipinski definition) is 6. The maximum Gasteiger partial charge on any atom is 0.323 e. The van der Waals surface area contributed by atoms with Gasteiger partial charge in [0.05, 0.1) is 12.3 Å². The lowest BCUT2D eigenvalue weighted by Crippen LogP contribution is -2.12. The van der Waals surface area contributed by atoms with Crippen LogP contribution in [0.3, 0.4) is 0 Å². The Bertz CT molecular complexity index is 594. The third-order valence-corrected chi connectivity index (χ3v) is 3.14. The highest BCUT2D eigenvalue weighted by Gasteiger charge is 2.18. The van der Waals surface area contributed by atoms with E-state index in [0.29, 0.717) is 12.6 Å². The molecule has 2 heterocycles. The van der Waals surface area contributed by atoms with E-state index in [9.17, 15) is 0 Å². The van der Waals surface area contributed by atoms with Crippen molar-refractivity contribution in [3.05, 3.63) is 17.7 Å². The molecule has 0 fully saturated rings. The lowest BCUT2D eigenvalue weighted by Gasteiger charge is -2.13. The molecule has 7 heteroatoms. The van der Waals surface area contributed by atoms with Gasteiger partial charge in [0.1, 0.15) is 6.33 Å². The number of aryl methyl sites for hydroxylation is 1. The molecule has 0 radical (unpaired) electrons. The SMILES string of the molecule is CCOc1nc(N)nc(-n2cnc3c2CCCC3)n1. The van der Waals surface area contributed by atoms with Gasteiger partial charge < -0.3 is 10.5 Å². The molecule has 0 saturated carbocycles. The predicted octanol–water partition coefficient (Wildman–Crippen LogP) is 0.917. The zero-order valence-electron chi connectivity index (χ0n) is 10.8. The van der Waals surface area contributed by atoms with Crippen LogP contribution in [0.4, 0.5) is 5.95 Å². The molecule has 100 valence electrons. The van der Waals surface area contributed by atoms with Gasteiger partial charge in [-0.3, -0.25) is 4.57 Å². The Kier molecular flexibility index (Phi) is 3.02. The monoisotopic (exact) mass is 260 g/mol. The Morgan fingerprint density at radius 1 is 1.26 bits per heavy atom. The second-order valence-corrected chi connectivity index (χ2v) is 4.42. The van der Waals surface area contributed by atoms with E-state index in [2.05, 4.69) is 19.9 Å². The van der Waals surface area contributed by atoms with Gasteiger partial charge in [-0.25, -0.2) is 4.98 Å². The first kappa shape index (κ1) is 11.9. The van der Waals surface area contributed by atoms with E-state index in [0.717, 1.165) is 25.0 Å². The Hall–Kier alpha value is -2.18. The number of anilines is 1. The third-order valence-electron chi connectivity index (χ3n) is 3.14. The molecule has 3 rings (SSSR count). The van der Waals surface area contributed by atoms with Crippen molar-refractivity contribution in [1.29, 1.82) is 0 Å². The number of rotatable bonds is 3. The second-order valence-electron chi connectivity index (χ2n) is 4.42. The first-order valence-corrected chi connectivity index (χ1v) is 6.47. The lowest BCUT2D eigenvalue weighted by molar-refractivity contribution is 0.311. The maximum atomic E-state index is 5.70. The zero-order valence-corrected chi connectivity index (χ0v) is 10.8. The summed E-state index contributed by atoms with van der Waals surface area (Å²) in [6.45, 7) is 2.36. The van der Waals surface area contributed by atoms with Crippen LogP contribution in [0.25, 0.3) is 5.95 Å². The third kappa shape index (κ3) is 2.23. The quantitative estimate of drug-likeness (QED) is 0.882. The number of ether oxygens (including phenoxy) is 1. The number of imidazole rings is 1. The molecule has 0 atom stereocenters. The van der Waals surface area contributed by atoms with Crippen LogP contribution in [0.5, 0.6) is 6.01 Å². The number of aromatic nitrogens is 5. The molecule has 0 saturated heterocycles. The molecule has 2 aromatic rings. The predicted molar refractivity (Wildman–Crippen MR) is 69.2 cm³/mol. The van der Waals surface area contributed by atoms with Crippen molar-refractivity contribution >= 4 is 5.95 Å². The smallest absolute Gasteiger partial charge is 0.323 e. The molecular formula is C12H16N6O. The van der Waals surface area contributed by atoms with Crippen molar-refractivity contribution in [2.24, 2.45) is 0 Å². The number of hydrogen-bond donors (Lipinski definition) is 1. The summed E-state index contributed by atoms with van der Waals surface area (Å²) in [5, 5.41) is 0. The number of nitrogen functional groups attached to an aromatic ring is 1. The first-order valence-electron chi connectivity index (χ1n) is 6.47. The Balaban J connectivity index is 2.04. The lowest BCUT2D eigenvalue weighted by atomic mass is 10.0. The summed E-state index contributed by atoms with van der Waals surface area (Å²) in [5.41, 5.74) is 7.99. The van der Waals surface area contributed by atoms with Crippen molar-refractivity contribution in [3.8, 4) is 12.0 Å². The van der Waals surface area contributed by atoms with E-state index in [-0.39, 0.29) is 12.0 Å². The van der Waals surface area contributed by atoms with Crippen LogP contribution < -0.4 is 10.5 Å². The van der Waals surface area contributed by atoms with Crippen molar-refractivity contribution in [3.63, 3.8) is 0 Å². The number of nitrogens with two attached hydrogens (primary N) is 1. The van der Waals surface area contributed by atoms with E-state index in [1.807, 2.05) is 11.5 Å². The average Bonchev–Trinajstić information content (AvgIpc) is 2.82. The molecule has 0 unspecified atom stereocenters. The summed E-state index contributed by atoms with van der Waals surface area (Å²) in [6, 6.07) is 0.253. The molecule has 0 amide bonds. The van der Waals surface area contributed by atoms with Gasteiger partial charge in [0, 0.05) is 5.69 Å². The van der Waals surface area contributed by atoms with Crippen molar-refractivity contribution in [2.45, 2.75) is 32.6 Å². The molecule has 19 heavy (non-hydrogen) atoms. The fourth-order valence-corrected chi connectivity index (χ4v) is 2.30. The van der Waals surface area contributed by atoms with Crippen LogP contribution in [0, 0.1) is 0 Å². The van der Waals surface area contributed by atoms with E-state index >= 15 is 0 Å². The van der Waals surface area contributed by atoms with E-state index in [4.69, 9.17) is 10.5 Å². The van der Waals surface area contributed by atoms with Crippen LogP contribution in [-0.2, 0) is 12.8 Å². The van der Waals surface area contributed by atoms with E-state index in [1.54, 1.807) is 6.33 Å². The summed E-state index contributed by atoms with van der Waals surface area (Å²) < 4.78 is 7.18. The highest BCUT2D eigenvalue weighted by Crippen LogP contribution is 2.22. The topological polar surface area (TPSA) is 91.7 Å². The van der Waals surface area contributed by atoms with Gasteiger partial charge in [-0.05, 0) is 32.6 Å². The van der Waals surface area contributed by atoms with Crippen LogP contribution in [0.1, 0.15) is 31.2 Å². The zero-order chi connectivity index (χ0) is 13.2. The summed E-state index contributed by atoms with van der Waals surface area (Å²) in [4.78, 5) is 16.8. The molecule has 2 aromatic heterocycles. The van der Waals surface area contributed by atoms with Gasteiger partial charge in [-0.15, -0.1) is 0 Å². The fourth-order valence-electron chi connectivity index (χ4n) is 2.30. The van der Waals surface area contributed by atoms with Gasteiger partial charge >= 0.3 is 6.01 Å². The summed E-state index contributed by atoms with van der Waals surface area (Å²) >= 11 is 0. The highest BCUT2D eigenvalue weighted by molar-refractivity contribution is 5.30. The second kappa shape index (κ2) is 4.83. The van der Waals surface area contributed by atoms with E-state index < -0.39 is 0 Å². The normalized spacial score (nSPS) is 14.2.